The highest BCUT2D eigenvalue weighted by atomic mass is 14.8. The average Bonchev–Trinajstić information content (AvgIpc) is 2.52. The molecule has 0 N–H and O–H groups in total. The summed E-state index contributed by atoms with van der Waals surface area (Å²) >= 11 is 0. The summed E-state index contributed by atoms with van der Waals surface area (Å²) in [5.41, 5.74) is 0.820. The minimum atomic E-state index is 0.820. The van der Waals surface area contributed by atoms with Crippen LogP contribution in [0.4, 0.5) is 0 Å². The third-order valence-electron chi connectivity index (χ3n) is 9.30. The molecule has 7 aliphatic rings. The maximum atomic E-state index is 2.73. The lowest BCUT2D eigenvalue weighted by atomic mass is 9.32. The fourth-order valence-electron chi connectivity index (χ4n) is 8.79. The van der Waals surface area contributed by atoms with Crippen LogP contribution < -0.4 is 0 Å². The van der Waals surface area contributed by atoms with Gasteiger partial charge in [-0.1, -0.05) is 13.8 Å². The van der Waals surface area contributed by atoms with E-state index in [0.29, 0.717) is 0 Å². The summed E-state index contributed by atoms with van der Waals surface area (Å²) in [6.07, 6.45) is 6.56. The normalized spacial score (nSPS) is 80.8. The first kappa shape index (κ1) is 8.99. The van der Waals surface area contributed by atoms with E-state index in [1.165, 1.54) is 41.4 Å². The van der Waals surface area contributed by atoms with E-state index in [4.69, 9.17) is 0 Å². The molecule has 0 spiro atoms. The smallest absolute Gasteiger partial charge is 0.0238 e. The number of hydrogen-bond donors (Lipinski definition) is 0. The highest BCUT2D eigenvalue weighted by molar-refractivity contribution is 5.27. The zero-order valence-electron chi connectivity index (χ0n) is 11.1. The van der Waals surface area contributed by atoms with Crippen LogP contribution >= 0.6 is 0 Å². The molecular weight excluding hydrogens is 204 g/mol. The van der Waals surface area contributed by atoms with E-state index >= 15 is 0 Å². The molecule has 0 radical (unpaired) electrons. The van der Waals surface area contributed by atoms with Crippen LogP contribution in [0.1, 0.15) is 39.5 Å². The van der Waals surface area contributed by atoms with Gasteiger partial charge in [-0.05, 0) is 90.3 Å². The predicted molar refractivity (Wildman–Crippen MR) is 67.1 cm³/mol. The highest BCUT2D eigenvalue weighted by Gasteiger charge is 2.79. The van der Waals surface area contributed by atoms with Crippen molar-refractivity contribution in [2.75, 3.05) is 0 Å². The summed E-state index contributed by atoms with van der Waals surface area (Å²) in [6.45, 7) is 5.34. The molecule has 11 atom stereocenters. The molecule has 0 heteroatoms. The topological polar surface area (TPSA) is 0 Å². The van der Waals surface area contributed by atoms with Crippen molar-refractivity contribution in [3.63, 3.8) is 0 Å². The van der Waals surface area contributed by atoms with Crippen LogP contribution in [0.5, 0.6) is 0 Å². The van der Waals surface area contributed by atoms with Gasteiger partial charge in [0.2, 0.25) is 0 Å². The maximum Gasteiger partial charge on any atom is -0.0238 e. The highest BCUT2D eigenvalue weighted by Crippen LogP contribution is 2.85. The second-order valence-electron chi connectivity index (χ2n) is 8.92. The molecule has 0 saturated heterocycles. The van der Waals surface area contributed by atoms with Crippen LogP contribution in [-0.2, 0) is 0 Å². The second-order valence-corrected chi connectivity index (χ2v) is 8.92. The van der Waals surface area contributed by atoms with Gasteiger partial charge in [0.1, 0.15) is 0 Å². The Morgan fingerprint density at radius 3 is 2.18 bits per heavy atom. The van der Waals surface area contributed by atoms with E-state index in [9.17, 15) is 0 Å². The first-order valence-corrected chi connectivity index (χ1v) is 8.21. The SMILES string of the molecule is CC1CC2CC3C4C1C1C5CC(CC5C14)C23C. The van der Waals surface area contributed by atoms with Crippen molar-refractivity contribution >= 4 is 0 Å². The summed E-state index contributed by atoms with van der Waals surface area (Å²) < 4.78 is 0. The molecular formula is C17H24. The molecule has 0 aliphatic heterocycles. The Morgan fingerprint density at radius 2 is 1.41 bits per heavy atom. The van der Waals surface area contributed by atoms with E-state index in [1.54, 1.807) is 25.7 Å². The molecule has 0 aromatic rings. The molecule has 7 fully saturated rings. The van der Waals surface area contributed by atoms with Gasteiger partial charge in [-0.3, -0.25) is 0 Å². The summed E-state index contributed by atoms with van der Waals surface area (Å²) in [5, 5.41) is 0. The Kier molecular flexibility index (Phi) is 1.19. The van der Waals surface area contributed by atoms with Gasteiger partial charge >= 0.3 is 0 Å². The van der Waals surface area contributed by atoms with E-state index in [1.807, 2.05) is 0 Å². The molecule has 17 heavy (non-hydrogen) atoms. The minimum absolute atomic E-state index is 0.820. The number of rotatable bonds is 0. The van der Waals surface area contributed by atoms with Gasteiger partial charge in [0.05, 0.1) is 0 Å². The van der Waals surface area contributed by atoms with Crippen molar-refractivity contribution in [2.45, 2.75) is 39.5 Å². The average molecular weight is 228 g/mol. The predicted octanol–water partition coefficient (Wildman–Crippen LogP) is 3.82. The van der Waals surface area contributed by atoms with Crippen molar-refractivity contribution in [3.05, 3.63) is 0 Å². The van der Waals surface area contributed by atoms with Crippen molar-refractivity contribution < 1.29 is 0 Å². The molecule has 7 rings (SSSR count). The van der Waals surface area contributed by atoms with Gasteiger partial charge in [-0.25, -0.2) is 0 Å². The van der Waals surface area contributed by atoms with Crippen LogP contribution in [0.3, 0.4) is 0 Å². The Hall–Kier alpha value is 0. The lowest BCUT2D eigenvalue weighted by Gasteiger charge is -2.72. The van der Waals surface area contributed by atoms with Crippen molar-refractivity contribution in [1.82, 2.24) is 0 Å². The summed E-state index contributed by atoms with van der Waals surface area (Å²) in [7, 11) is 0. The van der Waals surface area contributed by atoms with Crippen LogP contribution in [0.25, 0.3) is 0 Å². The molecule has 0 aromatic heterocycles. The zero-order chi connectivity index (χ0) is 11.1. The monoisotopic (exact) mass is 228 g/mol. The molecule has 92 valence electrons. The fourth-order valence-corrected chi connectivity index (χ4v) is 8.79. The lowest BCUT2D eigenvalue weighted by molar-refractivity contribution is -0.252. The van der Waals surface area contributed by atoms with Gasteiger partial charge in [-0.2, -0.15) is 0 Å². The quantitative estimate of drug-likeness (QED) is 0.591. The molecule has 11 unspecified atom stereocenters. The Morgan fingerprint density at radius 1 is 0.765 bits per heavy atom. The Bertz CT molecular complexity index is 426. The van der Waals surface area contributed by atoms with Gasteiger partial charge in [0.15, 0.2) is 0 Å². The third kappa shape index (κ3) is 0.640. The molecule has 7 saturated carbocycles. The van der Waals surface area contributed by atoms with Crippen LogP contribution in [0.15, 0.2) is 0 Å². The van der Waals surface area contributed by atoms with E-state index in [0.717, 1.165) is 23.2 Å². The third-order valence-corrected chi connectivity index (χ3v) is 9.30. The molecule has 0 heterocycles. The van der Waals surface area contributed by atoms with Crippen LogP contribution in [0.2, 0.25) is 0 Å². The molecule has 0 nitrogen and oxygen atoms in total. The largest absolute Gasteiger partial charge is 0.0622 e. The molecule has 6 bridgehead atoms. The molecule has 0 aromatic carbocycles. The van der Waals surface area contributed by atoms with Gasteiger partial charge in [0, 0.05) is 0 Å². The van der Waals surface area contributed by atoms with Gasteiger partial charge in [-0.15, -0.1) is 0 Å². The Balaban J connectivity index is 1.61. The van der Waals surface area contributed by atoms with Crippen LogP contribution in [-0.4, -0.2) is 0 Å². The fraction of sp³-hybridized carbons (Fsp3) is 1.00. The summed E-state index contributed by atoms with van der Waals surface area (Å²) in [6, 6.07) is 0. The van der Waals surface area contributed by atoms with Crippen molar-refractivity contribution in [2.24, 2.45) is 64.6 Å². The lowest BCUT2D eigenvalue weighted by Crippen LogP contribution is -2.68. The van der Waals surface area contributed by atoms with E-state index < -0.39 is 0 Å². The van der Waals surface area contributed by atoms with E-state index in [-0.39, 0.29) is 0 Å². The minimum Gasteiger partial charge on any atom is -0.0622 e. The standard InChI is InChI=1S/C17H24/c1-7-3-8-6-12-16-13(7)14-10-4-9(17(8,12)2)5-11(10)15(14)16/h7-16H,3-6H2,1-2H3. The van der Waals surface area contributed by atoms with Gasteiger partial charge < -0.3 is 0 Å². The van der Waals surface area contributed by atoms with Gasteiger partial charge in [0.25, 0.3) is 0 Å². The van der Waals surface area contributed by atoms with Crippen LogP contribution in [0, 0.1) is 64.6 Å². The Labute approximate surface area is 105 Å². The van der Waals surface area contributed by atoms with Crippen molar-refractivity contribution in [1.29, 1.82) is 0 Å². The summed E-state index contributed by atoms with van der Waals surface area (Å²) in [4.78, 5) is 0. The first-order valence-electron chi connectivity index (χ1n) is 8.21. The first-order chi connectivity index (χ1) is 8.21. The number of fused-ring (bicyclic) bond motifs is 3. The molecule has 7 aliphatic carbocycles. The summed E-state index contributed by atoms with van der Waals surface area (Å²) in [5.74, 6) is 11.9. The maximum absolute atomic E-state index is 2.73. The zero-order valence-corrected chi connectivity index (χ0v) is 11.1. The number of hydrogen-bond acceptors (Lipinski definition) is 0. The molecule has 0 amide bonds. The second kappa shape index (κ2) is 2.25. The van der Waals surface area contributed by atoms with Crippen molar-refractivity contribution in [3.8, 4) is 0 Å². The van der Waals surface area contributed by atoms with E-state index in [2.05, 4.69) is 13.8 Å².